The Balaban J connectivity index is -0.0000000800. The van der Waals surface area contributed by atoms with Gasteiger partial charge in [0.05, 0.1) is 6.20 Å². The SMILES string of the molecule is Cc1ccc(O)cn1.Cl.Cl.Cl.Cl. The molecular formula is C6H11Cl4NO. The molecule has 1 heterocycles. The van der Waals surface area contributed by atoms with Crippen LogP contribution in [0.5, 0.6) is 5.75 Å². The Morgan fingerprint density at radius 1 is 1.08 bits per heavy atom. The Hall–Kier alpha value is 0.110. The molecule has 0 bridgehead atoms. The van der Waals surface area contributed by atoms with Crippen LogP contribution in [0.15, 0.2) is 18.3 Å². The summed E-state index contributed by atoms with van der Waals surface area (Å²) in [6, 6.07) is 3.37. The van der Waals surface area contributed by atoms with Crippen molar-refractivity contribution in [1.29, 1.82) is 0 Å². The van der Waals surface area contributed by atoms with Crippen LogP contribution in [0, 0.1) is 6.92 Å². The molecule has 12 heavy (non-hydrogen) atoms. The van der Waals surface area contributed by atoms with E-state index < -0.39 is 0 Å². The zero-order valence-electron chi connectivity index (χ0n) is 6.26. The average molecular weight is 255 g/mol. The van der Waals surface area contributed by atoms with E-state index in [-0.39, 0.29) is 55.4 Å². The number of pyridine rings is 1. The molecule has 0 spiro atoms. The lowest BCUT2D eigenvalue weighted by molar-refractivity contribution is 0.472. The van der Waals surface area contributed by atoms with Crippen molar-refractivity contribution in [3.05, 3.63) is 24.0 Å². The Labute approximate surface area is 96.4 Å². The van der Waals surface area contributed by atoms with Crippen molar-refractivity contribution in [3.63, 3.8) is 0 Å². The molecule has 0 fully saturated rings. The summed E-state index contributed by atoms with van der Waals surface area (Å²) in [4.78, 5) is 3.83. The number of rotatable bonds is 0. The molecule has 1 N–H and O–H groups in total. The fourth-order valence-electron chi connectivity index (χ4n) is 0.460. The molecule has 0 aliphatic carbocycles. The lowest BCUT2D eigenvalue weighted by Crippen LogP contribution is -1.75. The van der Waals surface area contributed by atoms with Crippen molar-refractivity contribution in [2.24, 2.45) is 0 Å². The summed E-state index contributed by atoms with van der Waals surface area (Å²) in [6.45, 7) is 1.87. The van der Waals surface area contributed by atoms with Crippen LogP contribution in [0.3, 0.4) is 0 Å². The molecule has 1 aromatic heterocycles. The molecule has 0 atom stereocenters. The molecule has 6 heteroatoms. The van der Waals surface area contributed by atoms with E-state index in [4.69, 9.17) is 5.11 Å². The van der Waals surface area contributed by atoms with Gasteiger partial charge in [-0.15, -0.1) is 49.6 Å². The van der Waals surface area contributed by atoms with Crippen molar-refractivity contribution in [2.45, 2.75) is 6.92 Å². The van der Waals surface area contributed by atoms with Gasteiger partial charge in [0.1, 0.15) is 5.75 Å². The predicted octanol–water partition coefficient (Wildman–Crippen LogP) is 2.78. The first-order chi connectivity index (χ1) is 3.79. The molecule has 0 unspecified atom stereocenters. The predicted molar refractivity (Wildman–Crippen MR) is 59.6 cm³/mol. The Kier molecular flexibility index (Phi) is 21.0. The largest absolute Gasteiger partial charge is 0.506 e. The minimum Gasteiger partial charge on any atom is -0.506 e. The van der Waals surface area contributed by atoms with Gasteiger partial charge in [0.25, 0.3) is 0 Å². The zero-order valence-corrected chi connectivity index (χ0v) is 9.53. The zero-order chi connectivity index (χ0) is 5.98. The van der Waals surface area contributed by atoms with Gasteiger partial charge in [-0.2, -0.15) is 0 Å². The molecule has 2 nitrogen and oxygen atoms in total. The molecule has 0 amide bonds. The van der Waals surface area contributed by atoms with E-state index in [1.807, 2.05) is 6.92 Å². The summed E-state index contributed by atoms with van der Waals surface area (Å²) in [7, 11) is 0. The van der Waals surface area contributed by atoms with Crippen LogP contribution >= 0.6 is 49.6 Å². The molecule has 1 aromatic rings. The minimum absolute atomic E-state index is 0. The molecule has 0 aliphatic rings. The van der Waals surface area contributed by atoms with Gasteiger partial charge in [-0.25, -0.2) is 0 Å². The fraction of sp³-hybridized carbons (Fsp3) is 0.167. The second-order valence-electron chi connectivity index (χ2n) is 1.66. The number of nitrogens with zero attached hydrogens (tertiary/aromatic N) is 1. The van der Waals surface area contributed by atoms with Crippen LogP contribution in [0.4, 0.5) is 0 Å². The molecule has 0 saturated heterocycles. The van der Waals surface area contributed by atoms with Gasteiger partial charge in [-0.05, 0) is 19.1 Å². The van der Waals surface area contributed by atoms with E-state index in [1.165, 1.54) is 6.20 Å². The van der Waals surface area contributed by atoms with Gasteiger partial charge >= 0.3 is 0 Å². The first-order valence-electron chi connectivity index (χ1n) is 2.40. The monoisotopic (exact) mass is 253 g/mol. The van der Waals surface area contributed by atoms with Crippen molar-refractivity contribution in [1.82, 2.24) is 4.98 Å². The third-order valence-electron chi connectivity index (χ3n) is 0.896. The number of halogens is 4. The van der Waals surface area contributed by atoms with Gasteiger partial charge in [0.2, 0.25) is 0 Å². The smallest absolute Gasteiger partial charge is 0.133 e. The van der Waals surface area contributed by atoms with Gasteiger partial charge in [-0.3, -0.25) is 4.98 Å². The van der Waals surface area contributed by atoms with Crippen LogP contribution in [0.2, 0.25) is 0 Å². The van der Waals surface area contributed by atoms with Crippen LogP contribution in [-0.2, 0) is 0 Å². The summed E-state index contributed by atoms with van der Waals surface area (Å²) in [5.74, 6) is 0.218. The van der Waals surface area contributed by atoms with Crippen molar-refractivity contribution in [3.8, 4) is 5.75 Å². The third-order valence-corrected chi connectivity index (χ3v) is 0.896. The number of hydrogen-bond donors (Lipinski definition) is 1. The Morgan fingerprint density at radius 3 is 1.83 bits per heavy atom. The molecule has 0 aliphatic heterocycles. The van der Waals surface area contributed by atoms with Crippen LogP contribution in [-0.4, -0.2) is 10.1 Å². The molecule has 1 rings (SSSR count). The fourth-order valence-corrected chi connectivity index (χ4v) is 0.460. The lowest BCUT2D eigenvalue weighted by Gasteiger charge is -1.88. The van der Waals surface area contributed by atoms with Crippen LogP contribution in [0.1, 0.15) is 5.69 Å². The standard InChI is InChI=1S/C6H7NO.4ClH/c1-5-2-3-6(8)4-7-5;;;;/h2-4,8H,1H3;4*1H. The van der Waals surface area contributed by atoms with E-state index in [9.17, 15) is 0 Å². The number of aromatic hydroxyl groups is 1. The highest BCUT2D eigenvalue weighted by Gasteiger charge is 1.83. The summed E-state index contributed by atoms with van der Waals surface area (Å²) in [5.41, 5.74) is 0.919. The molecule has 74 valence electrons. The van der Waals surface area contributed by atoms with Crippen molar-refractivity contribution in [2.75, 3.05) is 0 Å². The van der Waals surface area contributed by atoms with Crippen LogP contribution < -0.4 is 0 Å². The van der Waals surface area contributed by atoms with E-state index >= 15 is 0 Å². The van der Waals surface area contributed by atoms with E-state index in [1.54, 1.807) is 12.1 Å². The molecule has 0 saturated carbocycles. The number of aromatic nitrogens is 1. The molecular weight excluding hydrogens is 244 g/mol. The second-order valence-corrected chi connectivity index (χ2v) is 1.66. The second kappa shape index (κ2) is 11.1. The Bertz CT molecular complexity index is 158. The quantitative estimate of drug-likeness (QED) is 0.773. The maximum atomic E-state index is 8.69. The average Bonchev–Trinajstić information content (AvgIpc) is 1.77. The van der Waals surface area contributed by atoms with E-state index in [0.717, 1.165) is 5.69 Å². The van der Waals surface area contributed by atoms with Crippen molar-refractivity contribution < 1.29 is 5.11 Å². The maximum Gasteiger partial charge on any atom is 0.133 e. The lowest BCUT2D eigenvalue weighted by atomic mass is 10.4. The van der Waals surface area contributed by atoms with Gasteiger partial charge < -0.3 is 5.11 Å². The topological polar surface area (TPSA) is 33.1 Å². The van der Waals surface area contributed by atoms with Gasteiger partial charge in [-0.1, -0.05) is 0 Å². The highest BCUT2D eigenvalue weighted by Crippen LogP contribution is 2.03. The first-order valence-corrected chi connectivity index (χ1v) is 2.40. The first kappa shape index (κ1) is 22.7. The maximum absolute atomic E-state index is 8.69. The highest BCUT2D eigenvalue weighted by molar-refractivity contribution is 5.86. The van der Waals surface area contributed by atoms with Gasteiger partial charge in [0, 0.05) is 5.69 Å². The number of aryl methyl sites for hydroxylation is 1. The third kappa shape index (κ3) is 8.21. The van der Waals surface area contributed by atoms with E-state index in [2.05, 4.69) is 4.98 Å². The summed E-state index contributed by atoms with van der Waals surface area (Å²) in [5, 5.41) is 8.69. The van der Waals surface area contributed by atoms with Gasteiger partial charge in [0.15, 0.2) is 0 Å². The summed E-state index contributed by atoms with van der Waals surface area (Å²) in [6.07, 6.45) is 1.43. The normalized spacial score (nSPS) is 6.08. The summed E-state index contributed by atoms with van der Waals surface area (Å²) >= 11 is 0. The highest BCUT2D eigenvalue weighted by atomic mass is 35.5. The van der Waals surface area contributed by atoms with Crippen LogP contribution in [0.25, 0.3) is 0 Å². The van der Waals surface area contributed by atoms with Crippen molar-refractivity contribution >= 4 is 49.6 Å². The minimum atomic E-state index is 0. The molecule has 0 aromatic carbocycles. The number of hydrogen-bond acceptors (Lipinski definition) is 2. The Morgan fingerprint density at radius 2 is 1.58 bits per heavy atom. The van der Waals surface area contributed by atoms with E-state index in [0.29, 0.717) is 0 Å². The summed E-state index contributed by atoms with van der Waals surface area (Å²) < 4.78 is 0. The molecule has 0 radical (unpaired) electrons.